The van der Waals surface area contributed by atoms with Crippen LogP contribution in [0.5, 0.6) is 11.5 Å². The lowest BCUT2D eigenvalue weighted by Crippen LogP contribution is -2.45. The highest BCUT2D eigenvalue weighted by Gasteiger charge is 2.35. The van der Waals surface area contributed by atoms with Crippen LogP contribution in [0.1, 0.15) is 34.9 Å². The number of hydrogen-bond acceptors (Lipinski definition) is 7. The summed E-state index contributed by atoms with van der Waals surface area (Å²) in [5.41, 5.74) is 0.475. The van der Waals surface area contributed by atoms with Gasteiger partial charge < -0.3 is 24.2 Å². The Balaban J connectivity index is 1.43. The highest BCUT2D eigenvalue weighted by molar-refractivity contribution is 5.98. The van der Waals surface area contributed by atoms with E-state index in [0.29, 0.717) is 41.7 Å². The van der Waals surface area contributed by atoms with E-state index in [1.54, 1.807) is 30.0 Å². The maximum atomic E-state index is 12.8. The quantitative estimate of drug-likeness (QED) is 0.870. The van der Waals surface area contributed by atoms with Gasteiger partial charge in [-0.2, -0.15) is 4.98 Å². The van der Waals surface area contributed by atoms with E-state index >= 15 is 0 Å². The predicted octanol–water partition coefficient (Wildman–Crippen LogP) is 1.03. The Morgan fingerprint density at radius 1 is 1.31 bits per heavy atom. The fourth-order valence-corrected chi connectivity index (χ4v) is 3.17. The van der Waals surface area contributed by atoms with Crippen molar-refractivity contribution in [3.8, 4) is 11.5 Å². The molecule has 0 aliphatic carbocycles. The highest BCUT2D eigenvalue weighted by atomic mass is 16.7. The van der Waals surface area contributed by atoms with E-state index in [4.69, 9.17) is 14.0 Å². The van der Waals surface area contributed by atoms with Gasteiger partial charge in [0.15, 0.2) is 17.3 Å². The summed E-state index contributed by atoms with van der Waals surface area (Å²) < 4.78 is 15.5. The molecule has 1 fully saturated rings. The van der Waals surface area contributed by atoms with E-state index in [9.17, 15) is 9.59 Å². The molecule has 136 valence electrons. The smallest absolute Gasteiger partial charge is 0.254 e. The van der Waals surface area contributed by atoms with Crippen molar-refractivity contribution in [1.82, 2.24) is 20.4 Å². The van der Waals surface area contributed by atoms with Crippen molar-refractivity contribution in [2.24, 2.45) is 0 Å². The molecule has 2 amide bonds. The minimum atomic E-state index is -0.513. The first-order chi connectivity index (χ1) is 12.6. The summed E-state index contributed by atoms with van der Waals surface area (Å²) in [6.07, 6.45) is 1.39. The summed E-state index contributed by atoms with van der Waals surface area (Å²) >= 11 is 0. The zero-order chi connectivity index (χ0) is 18.1. The largest absolute Gasteiger partial charge is 0.454 e. The molecule has 0 spiro atoms. The Morgan fingerprint density at radius 3 is 2.96 bits per heavy atom. The first-order valence-corrected chi connectivity index (χ1v) is 8.39. The number of nitrogens with zero attached hydrogens (tertiary/aromatic N) is 3. The number of carbonyl (C=O) groups excluding carboxylic acids is 2. The number of nitrogens with one attached hydrogen (secondary N) is 1. The van der Waals surface area contributed by atoms with Gasteiger partial charge in [0.05, 0.1) is 6.54 Å². The predicted molar refractivity (Wildman–Crippen MR) is 87.5 cm³/mol. The SMILES string of the molecule is Cc1nc(CNC(=O)C2CCCN2C(=O)c2ccc3c(c2)OCO3)no1. The maximum Gasteiger partial charge on any atom is 0.254 e. The minimum absolute atomic E-state index is 0.150. The zero-order valence-corrected chi connectivity index (χ0v) is 14.2. The Labute approximate surface area is 149 Å². The average molecular weight is 358 g/mol. The van der Waals surface area contributed by atoms with E-state index in [1.807, 2.05) is 0 Å². The summed E-state index contributed by atoms with van der Waals surface area (Å²) in [7, 11) is 0. The molecule has 2 aliphatic rings. The second kappa shape index (κ2) is 6.66. The zero-order valence-electron chi connectivity index (χ0n) is 14.2. The van der Waals surface area contributed by atoms with Crippen LogP contribution in [0.3, 0.4) is 0 Å². The van der Waals surface area contributed by atoms with E-state index < -0.39 is 6.04 Å². The molecule has 3 heterocycles. The summed E-state index contributed by atoms with van der Waals surface area (Å²) in [4.78, 5) is 31.0. The van der Waals surface area contributed by atoms with Crippen LogP contribution in [0.15, 0.2) is 22.7 Å². The van der Waals surface area contributed by atoms with Crippen molar-refractivity contribution >= 4 is 11.8 Å². The van der Waals surface area contributed by atoms with Crippen molar-refractivity contribution in [3.63, 3.8) is 0 Å². The Hall–Kier alpha value is -3.10. The third-order valence-electron chi connectivity index (χ3n) is 4.43. The monoisotopic (exact) mass is 358 g/mol. The van der Waals surface area contributed by atoms with Gasteiger partial charge in [-0.15, -0.1) is 0 Å². The van der Waals surface area contributed by atoms with Crippen LogP contribution < -0.4 is 14.8 Å². The maximum absolute atomic E-state index is 12.8. The second-order valence-corrected chi connectivity index (χ2v) is 6.17. The fourth-order valence-electron chi connectivity index (χ4n) is 3.17. The van der Waals surface area contributed by atoms with Crippen LogP contribution in [-0.4, -0.2) is 46.2 Å². The van der Waals surface area contributed by atoms with Gasteiger partial charge in [0, 0.05) is 19.0 Å². The van der Waals surface area contributed by atoms with Crippen LogP contribution in [0.4, 0.5) is 0 Å². The molecule has 0 saturated carbocycles. The van der Waals surface area contributed by atoms with Crippen molar-refractivity contribution in [3.05, 3.63) is 35.5 Å². The summed E-state index contributed by atoms with van der Waals surface area (Å²) in [5, 5.41) is 6.51. The number of rotatable bonds is 4. The number of benzene rings is 1. The van der Waals surface area contributed by atoms with E-state index in [1.165, 1.54) is 0 Å². The van der Waals surface area contributed by atoms with Crippen molar-refractivity contribution in [2.75, 3.05) is 13.3 Å². The van der Waals surface area contributed by atoms with Gasteiger partial charge in [-0.05, 0) is 31.0 Å². The molecular formula is C17H18N4O5. The molecular weight excluding hydrogens is 340 g/mol. The third-order valence-corrected chi connectivity index (χ3v) is 4.43. The molecule has 1 aromatic heterocycles. The van der Waals surface area contributed by atoms with Gasteiger partial charge in [0.25, 0.3) is 5.91 Å². The first kappa shape index (κ1) is 16.4. The van der Waals surface area contributed by atoms with Crippen LogP contribution >= 0.6 is 0 Å². The third kappa shape index (κ3) is 3.07. The number of aromatic nitrogens is 2. The summed E-state index contributed by atoms with van der Waals surface area (Å²) in [5.74, 6) is 1.59. The summed E-state index contributed by atoms with van der Waals surface area (Å²) in [6, 6.07) is 4.53. The van der Waals surface area contributed by atoms with Gasteiger partial charge in [0.1, 0.15) is 6.04 Å². The van der Waals surface area contributed by atoms with Crippen LogP contribution in [0, 0.1) is 6.92 Å². The molecule has 1 atom stereocenters. The highest BCUT2D eigenvalue weighted by Crippen LogP contribution is 2.33. The number of aryl methyl sites for hydroxylation is 1. The Bertz CT molecular complexity index is 849. The molecule has 9 nitrogen and oxygen atoms in total. The first-order valence-electron chi connectivity index (χ1n) is 8.39. The van der Waals surface area contributed by atoms with Gasteiger partial charge >= 0.3 is 0 Å². The van der Waals surface area contributed by atoms with Crippen molar-refractivity contribution in [2.45, 2.75) is 32.4 Å². The second-order valence-electron chi connectivity index (χ2n) is 6.17. The van der Waals surface area contributed by atoms with Gasteiger partial charge in [-0.25, -0.2) is 0 Å². The Morgan fingerprint density at radius 2 is 2.15 bits per heavy atom. The van der Waals surface area contributed by atoms with Gasteiger partial charge in [-0.1, -0.05) is 5.16 Å². The minimum Gasteiger partial charge on any atom is -0.454 e. The van der Waals surface area contributed by atoms with Crippen molar-refractivity contribution < 1.29 is 23.6 Å². The lowest BCUT2D eigenvalue weighted by molar-refractivity contribution is -0.125. The molecule has 2 aromatic rings. The summed E-state index contributed by atoms with van der Waals surface area (Å²) in [6.45, 7) is 2.53. The fraction of sp³-hybridized carbons (Fsp3) is 0.412. The van der Waals surface area contributed by atoms with Gasteiger partial charge in [-0.3, -0.25) is 9.59 Å². The lowest BCUT2D eigenvalue weighted by Gasteiger charge is -2.24. The van der Waals surface area contributed by atoms with Crippen molar-refractivity contribution in [1.29, 1.82) is 0 Å². The van der Waals surface area contributed by atoms with E-state index in [0.717, 1.165) is 6.42 Å². The molecule has 1 unspecified atom stereocenters. The molecule has 4 rings (SSSR count). The van der Waals surface area contributed by atoms with Crippen LogP contribution in [0.25, 0.3) is 0 Å². The number of carbonyl (C=O) groups is 2. The van der Waals surface area contributed by atoms with Crippen LogP contribution in [-0.2, 0) is 11.3 Å². The lowest BCUT2D eigenvalue weighted by atomic mass is 10.1. The molecule has 26 heavy (non-hydrogen) atoms. The topological polar surface area (TPSA) is 107 Å². The van der Waals surface area contributed by atoms with Crippen LogP contribution in [0.2, 0.25) is 0 Å². The van der Waals surface area contributed by atoms with E-state index in [2.05, 4.69) is 15.5 Å². The number of hydrogen-bond donors (Lipinski definition) is 1. The van der Waals surface area contributed by atoms with E-state index in [-0.39, 0.29) is 25.2 Å². The molecule has 1 saturated heterocycles. The average Bonchev–Trinajstić information content (AvgIpc) is 3.38. The number of likely N-dealkylation sites (tertiary alicyclic amines) is 1. The number of ether oxygens (including phenoxy) is 2. The standard InChI is InChI=1S/C17H18N4O5/c1-10-19-15(20-26-10)8-18-16(22)12-3-2-6-21(12)17(23)11-4-5-13-14(7-11)25-9-24-13/h4-5,7,12H,2-3,6,8-9H2,1H3,(H,18,22). The number of amides is 2. The molecule has 0 radical (unpaired) electrons. The number of fused-ring (bicyclic) bond motifs is 1. The molecule has 2 aliphatic heterocycles. The molecule has 0 bridgehead atoms. The van der Waals surface area contributed by atoms with Gasteiger partial charge in [0.2, 0.25) is 18.6 Å². The Kier molecular flexibility index (Phi) is 4.19. The molecule has 9 heteroatoms. The normalized spacial score (nSPS) is 18.2. The molecule has 1 N–H and O–H groups in total. The molecule has 1 aromatic carbocycles.